The van der Waals surface area contributed by atoms with E-state index in [2.05, 4.69) is 68.5 Å². The smallest absolute Gasteiger partial charge is 0.475 e. The number of aromatic nitrogens is 3. The lowest BCUT2D eigenvalue weighted by Gasteiger charge is -2.10. The van der Waals surface area contributed by atoms with Crippen LogP contribution in [0, 0.1) is 6.92 Å². The third-order valence-corrected chi connectivity index (χ3v) is 4.25. The maximum absolute atomic E-state index is 10.6. The highest BCUT2D eigenvalue weighted by molar-refractivity contribution is 9.10. The van der Waals surface area contributed by atoms with Crippen LogP contribution in [0.3, 0.4) is 0 Å². The molecule has 1 unspecified atom stereocenters. The van der Waals surface area contributed by atoms with Crippen LogP contribution in [0.5, 0.6) is 0 Å². The average Bonchev–Trinajstić information content (AvgIpc) is 3.21. The van der Waals surface area contributed by atoms with Crippen LogP contribution < -0.4 is 5.32 Å². The predicted octanol–water partition coefficient (Wildman–Crippen LogP) is 4.45. The normalized spacial score (nSPS) is 12.5. The Morgan fingerprint density at radius 1 is 1.37 bits per heavy atom. The molecule has 0 bridgehead atoms. The molecule has 4 N–H and O–H groups in total. The van der Waals surface area contributed by atoms with Gasteiger partial charge in [-0.05, 0) is 43.7 Å². The minimum Gasteiger partial charge on any atom is -0.475 e. The number of halogens is 4. The second-order valence-electron chi connectivity index (χ2n) is 5.90. The number of aliphatic carboxylic acids is 1. The minimum absolute atomic E-state index is 0.247. The van der Waals surface area contributed by atoms with Gasteiger partial charge in [0.05, 0.1) is 5.69 Å². The number of carboxylic acid groups (broad SMARTS) is 1. The van der Waals surface area contributed by atoms with E-state index < -0.39 is 12.1 Å². The van der Waals surface area contributed by atoms with Crippen LogP contribution in [0.1, 0.15) is 29.9 Å². The molecule has 10 heteroatoms. The fourth-order valence-corrected chi connectivity index (χ4v) is 2.98. The van der Waals surface area contributed by atoms with Crippen molar-refractivity contribution in [2.24, 2.45) is 0 Å². The van der Waals surface area contributed by atoms with E-state index in [9.17, 15) is 13.2 Å². The molecule has 0 saturated carbocycles. The summed E-state index contributed by atoms with van der Waals surface area (Å²) in [6, 6.07) is 8.70. The maximum Gasteiger partial charge on any atom is 0.490 e. The fourth-order valence-electron chi connectivity index (χ4n) is 2.41. The molecule has 1 aromatic carbocycles. The van der Waals surface area contributed by atoms with Gasteiger partial charge >= 0.3 is 12.1 Å². The zero-order valence-electron chi connectivity index (χ0n) is 14.5. The Balaban J connectivity index is 0.000000321. The standard InChI is InChI=1S/C15H17BrN4.C2HF3O2/c1-9-5-11(16)6-15-13(9)7-12(19-15)8-17-10(2)14-3-4-18-20-14;3-2(4,5)1(6)7/h3-7,10,17,19H,8H2,1-2H3,(H,18,20);(H,6,7). The topological polar surface area (TPSA) is 93.8 Å². The van der Waals surface area contributed by atoms with Crippen LogP contribution in [0.2, 0.25) is 0 Å². The molecule has 0 spiro atoms. The van der Waals surface area contributed by atoms with Crippen LogP contribution in [-0.2, 0) is 11.3 Å². The number of rotatable bonds is 4. The third kappa shape index (κ3) is 5.83. The van der Waals surface area contributed by atoms with E-state index in [4.69, 9.17) is 9.90 Å². The second kappa shape index (κ2) is 8.57. The van der Waals surface area contributed by atoms with Gasteiger partial charge in [0, 0.05) is 39.9 Å². The van der Waals surface area contributed by atoms with Crippen molar-refractivity contribution in [1.29, 1.82) is 0 Å². The summed E-state index contributed by atoms with van der Waals surface area (Å²) < 4.78 is 32.8. The predicted molar refractivity (Wildman–Crippen MR) is 98.3 cm³/mol. The van der Waals surface area contributed by atoms with Crippen LogP contribution in [0.15, 0.2) is 34.9 Å². The summed E-state index contributed by atoms with van der Waals surface area (Å²) in [5, 5.41) is 18.8. The number of nitrogens with one attached hydrogen (secondary N) is 3. The Kier molecular flexibility index (Phi) is 6.66. The van der Waals surface area contributed by atoms with Crippen LogP contribution in [-0.4, -0.2) is 32.4 Å². The first-order chi connectivity index (χ1) is 12.6. The summed E-state index contributed by atoms with van der Waals surface area (Å²) in [4.78, 5) is 12.4. The summed E-state index contributed by atoms with van der Waals surface area (Å²) in [7, 11) is 0. The highest BCUT2D eigenvalue weighted by Crippen LogP contribution is 2.24. The number of H-pyrrole nitrogens is 2. The summed E-state index contributed by atoms with van der Waals surface area (Å²) in [5.74, 6) is -2.76. The van der Waals surface area contributed by atoms with E-state index in [1.807, 2.05) is 6.07 Å². The summed E-state index contributed by atoms with van der Waals surface area (Å²) in [6.45, 7) is 5.05. The first-order valence-electron chi connectivity index (χ1n) is 7.88. The van der Waals surface area contributed by atoms with Crippen LogP contribution in [0.4, 0.5) is 13.2 Å². The van der Waals surface area contributed by atoms with Crippen molar-refractivity contribution in [2.75, 3.05) is 0 Å². The van der Waals surface area contributed by atoms with Gasteiger partial charge in [0.25, 0.3) is 0 Å². The number of aryl methyl sites for hydroxylation is 1. The Labute approximate surface area is 161 Å². The molecule has 0 aliphatic heterocycles. The number of benzene rings is 1. The van der Waals surface area contributed by atoms with Crippen molar-refractivity contribution in [3.05, 3.63) is 51.9 Å². The average molecular weight is 447 g/mol. The molecule has 2 heterocycles. The van der Waals surface area contributed by atoms with Gasteiger partial charge in [0.15, 0.2) is 0 Å². The number of aromatic amines is 2. The quantitative estimate of drug-likeness (QED) is 0.476. The highest BCUT2D eigenvalue weighted by Gasteiger charge is 2.38. The van der Waals surface area contributed by atoms with E-state index in [0.29, 0.717) is 0 Å². The molecule has 2 aromatic heterocycles. The molecular formula is C17H18BrF3N4O2. The largest absolute Gasteiger partial charge is 0.490 e. The van der Waals surface area contributed by atoms with Crippen LogP contribution >= 0.6 is 15.9 Å². The summed E-state index contributed by atoms with van der Waals surface area (Å²) in [6.07, 6.45) is -3.31. The van der Waals surface area contributed by atoms with Crippen molar-refractivity contribution in [2.45, 2.75) is 32.6 Å². The molecule has 0 aliphatic rings. The number of fused-ring (bicyclic) bond motifs is 1. The molecule has 3 rings (SSSR count). The van der Waals surface area contributed by atoms with Crippen molar-refractivity contribution >= 4 is 32.8 Å². The molecule has 0 aliphatic carbocycles. The van der Waals surface area contributed by atoms with Crippen molar-refractivity contribution in [3.8, 4) is 0 Å². The molecule has 0 saturated heterocycles. The third-order valence-electron chi connectivity index (χ3n) is 3.80. The Morgan fingerprint density at radius 2 is 2.04 bits per heavy atom. The summed E-state index contributed by atoms with van der Waals surface area (Å²) in [5.41, 5.74) is 4.73. The van der Waals surface area contributed by atoms with E-state index in [0.717, 1.165) is 16.7 Å². The van der Waals surface area contributed by atoms with Crippen LogP contribution in [0.25, 0.3) is 10.9 Å². The van der Waals surface area contributed by atoms with Gasteiger partial charge in [-0.3, -0.25) is 5.10 Å². The number of hydrogen-bond acceptors (Lipinski definition) is 3. The van der Waals surface area contributed by atoms with E-state index in [-0.39, 0.29) is 6.04 Å². The lowest BCUT2D eigenvalue weighted by atomic mass is 10.1. The molecule has 0 amide bonds. The van der Waals surface area contributed by atoms with Crippen molar-refractivity contribution < 1.29 is 23.1 Å². The molecule has 1 atom stereocenters. The Morgan fingerprint density at radius 3 is 2.59 bits per heavy atom. The van der Waals surface area contributed by atoms with Crippen molar-refractivity contribution in [3.63, 3.8) is 0 Å². The molecule has 0 radical (unpaired) electrons. The monoisotopic (exact) mass is 446 g/mol. The van der Waals surface area contributed by atoms with Gasteiger partial charge in [-0.1, -0.05) is 15.9 Å². The SMILES string of the molecule is Cc1cc(Br)cc2[nH]c(CNC(C)c3ccn[nH]3)cc12.O=C(O)C(F)(F)F. The second-order valence-corrected chi connectivity index (χ2v) is 6.81. The maximum atomic E-state index is 10.6. The lowest BCUT2D eigenvalue weighted by Crippen LogP contribution is -2.21. The first-order valence-corrected chi connectivity index (χ1v) is 8.67. The number of carbonyl (C=O) groups is 1. The Hall–Kier alpha value is -2.33. The van der Waals surface area contributed by atoms with Gasteiger partial charge in [-0.25, -0.2) is 4.79 Å². The van der Waals surface area contributed by atoms with Gasteiger partial charge in [-0.15, -0.1) is 0 Å². The molecule has 6 nitrogen and oxygen atoms in total. The molecule has 0 fully saturated rings. The number of carboxylic acids is 1. The fraction of sp³-hybridized carbons (Fsp3) is 0.294. The Bertz CT molecular complexity index is 907. The van der Waals surface area contributed by atoms with E-state index in [1.165, 1.54) is 22.2 Å². The molecule has 146 valence electrons. The van der Waals surface area contributed by atoms with Crippen molar-refractivity contribution in [1.82, 2.24) is 20.5 Å². The van der Waals surface area contributed by atoms with Gasteiger partial charge in [-0.2, -0.15) is 18.3 Å². The summed E-state index contributed by atoms with van der Waals surface area (Å²) >= 11 is 3.53. The molecule has 3 aromatic rings. The van der Waals surface area contributed by atoms with Gasteiger partial charge in [0.1, 0.15) is 0 Å². The molecular weight excluding hydrogens is 429 g/mol. The first kappa shape index (κ1) is 21.0. The lowest BCUT2D eigenvalue weighted by molar-refractivity contribution is -0.192. The minimum atomic E-state index is -5.08. The number of nitrogens with zero attached hydrogens (tertiary/aromatic N) is 1. The zero-order chi connectivity index (χ0) is 20.2. The highest BCUT2D eigenvalue weighted by atomic mass is 79.9. The zero-order valence-corrected chi connectivity index (χ0v) is 16.1. The molecule has 27 heavy (non-hydrogen) atoms. The van der Waals surface area contributed by atoms with E-state index in [1.54, 1.807) is 6.20 Å². The van der Waals surface area contributed by atoms with Gasteiger partial charge in [0.2, 0.25) is 0 Å². The van der Waals surface area contributed by atoms with Gasteiger partial charge < -0.3 is 15.4 Å². The number of alkyl halides is 3. The van der Waals surface area contributed by atoms with E-state index >= 15 is 0 Å². The number of hydrogen-bond donors (Lipinski definition) is 4.